The molecular weight excluding hydrogens is 448 g/mol. The van der Waals surface area contributed by atoms with Gasteiger partial charge in [-0.2, -0.15) is 4.98 Å². The zero-order valence-corrected chi connectivity index (χ0v) is 18.8. The largest absolute Gasteiger partial charge is 0.339 e. The van der Waals surface area contributed by atoms with Gasteiger partial charge >= 0.3 is 0 Å². The third kappa shape index (κ3) is 4.72. The Labute approximate surface area is 197 Å². The first-order chi connectivity index (χ1) is 16.6. The minimum atomic E-state index is -3.79. The number of rotatable bonds is 7. The lowest BCUT2D eigenvalue weighted by Gasteiger charge is -2.12. The highest BCUT2D eigenvalue weighted by atomic mass is 32.2. The van der Waals surface area contributed by atoms with Crippen molar-refractivity contribution < 1.29 is 12.9 Å². The van der Waals surface area contributed by atoms with E-state index in [1.165, 1.54) is 0 Å². The number of hydrogen-bond acceptors (Lipinski definition) is 6. The van der Waals surface area contributed by atoms with Crippen LogP contribution >= 0.6 is 0 Å². The first-order valence-corrected chi connectivity index (χ1v) is 12.1. The highest BCUT2D eigenvalue weighted by Gasteiger charge is 2.18. The number of para-hydroxylation sites is 1. The zero-order valence-electron chi connectivity index (χ0n) is 18.0. The predicted octanol–water partition coefficient (Wildman–Crippen LogP) is 5.19. The maximum atomic E-state index is 13.1. The molecule has 7 nitrogen and oxygen atoms in total. The zero-order chi connectivity index (χ0) is 23.4. The molecule has 0 saturated carbocycles. The molecule has 0 fully saturated rings. The lowest BCUT2D eigenvalue weighted by atomic mass is 10.1. The molecule has 0 aliphatic heterocycles. The molecule has 1 N–H and O–H groups in total. The van der Waals surface area contributed by atoms with Crippen molar-refractivity contribution in [2.45, 2.75) is 11.3 Å². The van der Waals surface area contributed by atoms with Crippen LogP contribution < -0.4 is 4.72 Å². The maximum absolute atomic E-state index is 13.1. The van der Waals surface area contributed by atoms with Crippen LogP contribution in [0.2, 0.25) is 0 Å². The van der Waals surface area contributed by atoms with Crippen LogP contribution in [0.5, 0.6) is 0 Å². The fraction of sp³-hybridized carbons (Fsp3) is 0.0385. The molecule has 34 heavy (non-hydrogen) atoms. The number of aromatic nitrogens is 3. The topological polar surface area (TPSA) is 98.0 Å². The molecule has 8 heteroatoms. The van der Waals surface area contributed by atoms with Crippen molar-refractivity contribution in [3.8, 4) is 22.5 Å². The molecule has 168 valence electrons. The normalized spacial score (nSPS) is 11.3. The quantitative estimate of drug-likeness (QED) is 0.353. The van der Waals surface area contributed by atoms with Gasteiger partial charge in [0.05, 0.1) is 17.0 Å². The fourth-order valence-corrected chi connectivity index (χ4v) is 4.64. The second-order valence-electron chi connectivity index (χ2n) is 7.58. The lowest BCUT2D eigenvalue weighted by Crippen LogP contribution is -2.14. The molecule has 0 bridgehead atoms. The molecular formula is C26H20N4O3S. The molecule has 0 aliphatic rings. The second-order valence-corrected chi connectivity index (χ2v) is 9.27. The van der Waals surface area contributed by atoms with Gasteiger partial charge in [-0.3, -0.25) is 9.71 Å². The molecule has 0 saturated heterocycles. The second kappa shape index (κ2) is 9.29. The summed E-state index contributed by atoms with van der Waals surface area (Å²) in [5, 5.41) is 4.00. The van der Waals surface area contributed by atoms with Gasteiger partial charge in [-0.25, -0.2) is 8.42 Å². The molecule has 0 radical (unpaired) electrons. The Bertz CT molecular complexity index is 1500. The van der Waals surface area contributed by atoms with Crippen molar-refractivity contribution in [2.24, 2.45) is 0 Å². The summed E-state index contributed by atoms with van der Waals surface area (Å²) in [6.45, 7) is 0. The number of benzene rings is 3. The van der Waals surface area contributed by atoms with E-state index in [0.29, 0.717) is 23.0 Å². The molecule has 0 unspecified atom stereocenters. The van der Waals surface area contributed by atoms with Gasteiger partial charge in [0.25, 0.3) is 10.0 Å². The predicted molar refractivity (Wildman–Crippen MR) is 129 cm³/mol. The molecule has 0 spiro atoms. The third-order valence-corrected chi connectivity index (χ3v) is 6.64. The number of hydrogen-bond donors (Lipinski definition) is 1. The van der Waals surface area contributed by atoms with E-state index in [0.717, 1.165) is 16.7 Å². The van der Waals surface area contributed by atoms with Crippen LogP contribution in [0.1, 0.15) is 11.5 Å². The van der Waals surface area contributed by atoms with E-state index < -0.39 is 10.0 Å². The van der Waals surface area contributed by atoms with E-state index in [4.69, 9.17) is 4.52 Å². The molecule has 2 heterocycles. The fourth-order valence-electron chi connectivity index (χ4n) is 3.54. The molecule has 0 amide bonds. The van der Waals surface area contributed by atoms with Crippen LogP contribution in [0.25, 0.3) is 22.5 Å². The van der Waals surface area contributed by atoms with Crippen LogP contribution in [-0.4, -0.2) is 23.5 Å². The van der Waals surface area contributed by atoms with Crippen molar-refractivity contribution in [3.63, 3.8) is 0 Å². The summed E-state index contributed by atoms with van der Waals surface area (Å²) in [4.78, 5) is 8.66. The lowest BCUT2D eigenvalue weighted by molar-refractivity contribution is 0.386. The van der Waals surface area contributed by atoms with Gasteiger partial charge < -0.3 is 4.52 Å². The van der Waals surface area contributed by atoms with Gasteiger partial charge in [0.15, 0.2) is 0 Å². The summed E-state index contributed by atoms with van der Waals surface area (Å²) in [6.07, 6.45) is 3.60. The highest BCUT2D eigenvalue weighted by molar-refractivity contribution is 7.92. The van der Waals surface area contributed by atoms with Gasteiger partial charge in [0.2, 0.25) is 11.7 Å². The minimum absolute atomic E-state index is 0.179. The Kier molecular flexibility index (Phi) is 5.88. The van der Waals surface area contributed by atoms with Gasteiger partial charge in [-0.05, 0) is 47.0 Å². The first-order valence-electron chi connectivity index (χ1n) is 10.6. The van der Waals surface area contributed by atoms with Crippen LogP contribution in [0.3, 0.4) is 0 Å². The minimum Gasteiger partial charge on any atom is -0.339 e. The van der Waals surface area contributed by atoms with Crippen molar-refractivity contribution in [2.75, 3.05) is 4.72 Å². The van der Waals surface area contributed by atoms with E-state index in [1.54, 1.807) is 54.9 Å². The van der Waals surface area contributed by atoms with Gasteiger partial charge in [-0.1, -0.05) is 65.8 Å². The van der Waals surface area contributed by atoms with E-state index in [9.17, 15) is 8.42 Å². The first kappa shape index (κ1) is 21.5. The summed E-state index contributed by atoms with van der Waals surface area (Å²) in [5.41, 5.74) is 3.88. The van der Waals surface area contributed by atoms with Gasteiger partial charge in [0, 0.05) is 18.0 Å². The molecule has 0 atom stereocenters. The molecule has 2 aromatic heterocycles. The third-order valence-electron chi connectivity index (χ3n) is 5.26. The standard InChI is InChI=1S/C26H20N4O3S/c31-34(32,23-14-12-20(13-15-23)19-7-2-1-3-8-19)30-24-11-5-4-9-21(24)17-25-28-26(29-33-25)22-10-6-16-27-18-22/h1-16,18,30H,17H2. The number of nitrogens with one attached hydrogen (secondary N) is 1. The molecule has 5 aromatic rings. The molecule has 0 aliphatic carbocycles. The Balaban J connectivity index is 1.36. The Morgan fingerprint density at radius 2 is 1.47 bits per heavy atom. The van der Waals surface area contributed by atoms with E-state index in [-0.39, 0.29) is 11.3 Å². The van der Waals surface area contributed by atoms with Crippen molar-refractivity contribution in [3.05, 3.63) is 115 Å². The SMILES string of the molecule is O=S(=O)(Nc1ccccc1Cc1nc(-c2cccnc2)no1)c1ccc(-c2ccccc2)cc1. The van der Waals surface area contributed by atoms with Crippen molar-refractivity contribution in [1.29, 1.82) is 0 Å². The Morgan fingerprint density at radius 1 is 0.765 bits per heavy atom. The Morgan fingerprint density at radius 3 is 2.24 bits per heavy atom. The summed E-state index contributed by atoms with van der Waals surface area (Å²) >= 11 is 0. The summed E-state index contributed by atoms with van der Waals surface area (Å²) in [5.74, 6) is 0.803. The maximum Gasteiger partial charge on any atom is 0.261 e. The number of nitrogens with zero attached hydrogens (tertiary/aromatic N) is 3. The molecule has 3 aromatic carbocycles. The van der Waals surface area contributed by atoms with Crippen LogP contribution in [0, 0.1) is 0 Å². The van der Waals surface area contributed by atoms with Crippen molar-refractivity contribution >= 4 is 15.7 Å². The number of pyridine rings is 1. The van der Waals surface area contributed by atoms with Crippen LogP contribution in [-0.2, 0) is 16.4 Å². The van der Waals surface area contributed by atoms with E-state index >= 15 is 0 Å². The van der Waals surface area contributed by atoms with Gasteiger partial charge in [0.1, 0.15) is 0 Å². The summed E-state index contributed by atoms with van der Waals surface area (Å²) < 4.78 is 34.2. The van der Waals surface area contributed by atoms with E-state index in [1.807, 2.05) is 48.5 Å². The summed E-state index contributed by atoms with van der Waals surface area (Å²) in [6, 6.07) is 27.4. The van der Waals surface area contributed by atoms with Crippen LogP contribution in [0.15, 0.2) is 113 Å². The van der Waals surface area contributed by atoms with Crippen molar-refractivity contribution in [1.82, 2.24) is 15.1 Å². The average molecular weight is 469 g/mol. The van der Waals surface area contributed by atoms with Gasteiger partial charge in [-0.15, -0.1) is 0 Å². The summed E-state index contributed by atoms with van der Waals surface area (Å²) in [7, 11) is -3.79. The van der Waals surface area contributed by atoms with E-state index in [2.05, 4.69) is 19.8 Å². The molecule has 5 rings (SSSR count). The Hall–Kier alpha value is -4.30. The number of anilines is 1. The number of sulfonamides is 1. The smallest absolute Gasteiger partial charge is 0.261 e. The van der Waals surface area contributed by atoms with Crippen LogP contribution in [0.4, 0.5) is 5.69 Å². The monoisotopic (exact) mass is 468 g/mol. The highest BCUT2D eigenvalue weighted by Crippen LogP contribution is 2.25. The average Bonchev–Trinajstić information content (AvgIpc) is 3.35.